The van der Waals surface area contributed by atoms with Crippen LogP contribution in [-0.4, -0.2) is 60.5 Å². The molecule has 4 rings (SSSR count). The third kappa shape index (κ3) is 7.23. The summed E-state index contributed by atoms with van der Waals surface area (Å²) >= 11 is 6.08. The van der Waals surface area contributed by atoms with Crippen LogP contribution in [0.2, 0.25) is 5.02 Å². The lowest BCUT2D eigenvalue weighted by Gasteiger charge is -2.28. The van der Waals surface area contributed by atoms with Crippen molar-refractivity contribution in [3.8, 4) is 12.3 Å². The number of halogens is 4. The largest absolute Gasteiger partial charge is 0.475 e. The van der Waals surface area contributed by atoms with E-state index < -0.39 is 28.6 Å². The van der Waals surface area contributed by atoms with Gasteiger partial charge in [-0.25, -0.2) is 15.0 Å². The third-order valence-electron chi connectivity index (χ3n) is 6.22. The number of carbonyl (C=O) groups excluding carboxylic acids is 1. The van der Waals surface area contributed by atoms with Gasteiger partial charge in [-0.3, -0.25) is 9.36 Å². The lowest BCUT2D eigenvalue weighted by atomic mass is 10.2. The van der Waals surface area contributed by atoms with Gasteiger partial charge in [0.15, 0.2) is 5.69 Å². The minimum atomic E-state index is -4.85. The number of nitrogens with zero attached hydrogens (tertiary/aromatic N) is 7. The van der Waals surface area contributed by atoms with Crippen molar-refractivity contribution in [2.24, 2.45) is 7.05 Å². The van der Waals surface area contributed by atoms with Crippen LogP contribution in [0, 0.1) is 22.5 Å². The number of fused-ring (bicyclic) bond motifs is 1. The standard InChI is InChI=1S/C27H23ClF3N9O3/c1-5-16-11-17(8-9-19(16)28)35-24-18-12-22(32-13-20(18)33-15-34-24)36-23(41)7-6-10-40(3,4)14-21-25(39(42)43)37-26(38(21)2)27(29,30)31/h1,6-9,11-13,15H,10,14H2,2-4H3,(H-,32,33,34,35,36,41)/p+1/b7-6+. The van der Waals surface area contributed by atoms with Crippen LogP contribution in [-0.2, 0) is 24.6 Å². The first kappa shape index (κ1) is 30.9. The first-order valence-electron chi connectivity index (χ1n) is 12.4. The Balaban J connectivity index is 1.46. The molecule has 1 aromatic carbocycles. The normalized spacial score (nSPS) is 12.0. The molecule has 43 heavy (non-hydrogen) atoms. The highest BCUT2D eigenvalue weighted by atomic mass is 35.5. The summed E-state index contributed by atoms with van der Waals surface area (Å²) in [5.41, 5.74) is 1.45. The zero-order valence-corrected chi connectivity index (χ0v) is 23.7. The number of anilines is 3. The van der Waals surface area contributed by atoms with Crippen LogP contribution in [0.15, 0.2) is 48.9 Å². The van der Waals surface area contributed by atoms with Crippen molar-refractivity contribution < 1.29 is 27.4 Å². The molecule has 0 aliphatic heterocycles. The number of nitrogens with one attached hydrogen (secondary N) is 2. The van der Waals surface area contributed by atoms with Crippen LogP contribution >= 0.6 is 11.6 Å². The van der Waals surface area contributed by atoms with Crippen molar-refractivity contribution in [2.75, 3.05) is 31.3 Å². The van der Waals surface area contributed by atoms with Gasteiger partial charge < -0.3 is 25.2 Å². The van der Waals surface area contributed by atoms with Gasteiger partial charge in [0.1, 0.15) is 24.5 Å². The van der Waals surface area contributed by atoms with Crippen LogP contribution in [0.5, 0.6) is 0 Å². The van der Waals surface area contributed by atoms with Crippen molar-refractivity contribution in [1.29, 1.82) is 0 Å². The average Bonchev–Trinajstić information content (AvgIpc) is 3.25. The van der Waals surface area contributed by atoms with Gasteiger partial charge in [-0.1, -0.05) is 17.5 Å². The minimum absolute atomic E-state index is 0.00582. The summed E-state index contributed by atoms with van der Waals surface area (Å²) in [6, 6.07) is 6.65. The predicted molar refractivity (Wildman–Crippen MR) is 153 cm³/mol. The number of alkyl halides is 3. The second-order valence-corrected chi connectivity index (χ2v) is 10.4. The second kappa shape index (κ2) is 12.0. The van der Waals surface area contributed by atoms with Crippen molar-refractivity contribution in [3.05, 3.63) is 81.2 Å². The van der Waals surface area contributed by atoms with Gasteiger partial charge in [0.2, 0.25) is 5.91 Å². The summed E-state index contributed by atoms with van der Waals surface area (Å²) in [5.74, 6) is 0.388. The van der Waals surface area contributed by atoms with Crippen LogP contribution in [0.4, 0.5) is 36.3 Å². The second-order valence-electron chi connectivity index (χ2n) is 9.96. The van der Waals surface area contributed by atoms with Gasteiger partial charge in [-0.05, 0) is 40.2 Å². The summed E-state index contributed by atoms with van der Waals surface area (Å²) < 4.78 is 40.5. The molecule has 0 atom stereocenters. The number of rotatable bonds is 9. The molecule has 0 unspecified atom stereocenters. The number of hydrogen-bond donors (Lipinski definition) is 2. The van der Waals surface area contributed by atoms with E-state index >= 15 is 0 Å². The number of quaternary nitrogens is 1. The Bertz CT molecular complexity index is 1800. The van der Waals surface area contributed by atoms with Crippen LogP contribution in [0.1, 0.15) is 17.1 Å². The third-order valence-corrected chi connectivity index (χ3v) is 6.55. The Morgan fingerprint density at radius 3 is 2.67 bits per heavy atom. The number of aromatic nitrogens is 5. The fraction of sp³-hybridized carbons (Fsp3) is 0.222. The van der Waals surface area contributed by atoms with Gasteiger partial charge in [0.05, 0.1) is 37.4 Å². The molecule has 4 aromatic rings. The molecular formula is C27H24ClF3N9O3+. The van der Waals surface area contributed by atoms with Gasteiger partial charge >= 0.3 is 17.8 Å². The number of terminal acetylenes is 1. The van der Waals surface area contributed by atoms with Gasteiger partial charge in [0.25, 0.3) is 0 Å². The zero-order chi connectivity index (χ0) is 31.5. The van der Waals surface area contributed by atoms with E-state index in [0.29, 0.717) is 37.6 Å². The Hall–Kier alpha value is -5.07. The molecule has 0 aliphatic carbocycles. The van der Waals surface area contributed by atoms with E-state index in [4.69, 9.17) is 18.0 Å². The number of amides is 1. The molecule has 0 spiro atoms. The Kier molecular flexibility index (Phi) is 8.65. The van der Waals surface area contributed by atoms with Crippen molar-refractivity contribution >= 4 is 51.6 Å². The van der Waals surface area contributed by atoms with E-state index in [0.717, 1.165) is 7.05 Å². The zero-order valence-electron chi connectivity index (χ0n) is 23.0. The summed E-state index contributed by atoms with van der Waals surface area (Å²) in [6.45, 7) is 0.00517. The van der Waals surface area contributed by atoms with E-state index in [-0.39, 0.29) is 29.1 Å². The number of pyridine rings is 1. The highest BCUT2D eigenvalue weighted by Crippen LogP contribution is 2.33. The van der Waals surface area contributed by atoms with Crippen LogP contribution < -0.4 is 10.6 Å². The molecule has 16 heteroatoms. The molecule has 0 bridgehead atoms. The molecule has 0 radical (unpaired) electrons. The van der Waals surface area contributed by atoms with Gasteiger partial charge in [-0.2, -0.15) is 13.2 Å². The molecular weight excluding hydrogens is 591 g/mol. The van der Waals surface area contributed by atoms with E-state index in [1.54, 1.807) is 38.4 Å². The van der Waals surface area contributed by atoms with Gasteiger partial charge in [0, 0.05) is 29.8 Å². The van der Waals surface area contributed by atoms with Crippen LogP contribution in [0.3, 0.4) is 0 Å². The smallest absolute Gasteiger partial charge is 0.358 e. The summed E-state index contributed by atoms with van der Waals surface area (Å²) in [7, 11) is 4.38. The van der Waals surface area contributed by atoms with Crippen molar-refractivity contribution in [2.45, 2.75) is 12.7 Å². The molecule has 1 amide bonds. The molecule has 2 N–H and O–H groups in total. The molecule has 3 aromatic heterocycles. The maximum absolute atomic E-state index is 13.3. The molecule has 0 fully saturated rings. The molecule has 0 saturated carbocycles. The van der Waals surface area contributed by atoms with Gasteiger partial charge in [-0.15, -0.1) is 6.42 Å². The van der Waals surface area contributed by atoms with Crippen molar-refractivity contribution in [3.63, 3.8) is 0 Å². The SMILES string of the molecule is C#Cc1cc(Nc2ncnc3cnc(NC(=O)/C=C/C[N+](C)(C)Cc4c([N+](=O)[O-])nc(C(F)(F)F)n4C)cc23)ccc1Cl. The van der Waals surface area contributed by atoms with E-state index in [9.17, 15) is 28.1 Å². The van der Waals surface area contributed by atoms with Crippen LogP contribution in [0.25, 0.3) is 10.9 Å². The fourth-order valence-electron chi connectivity index (χ4n) is 4.15. The molecule has 0 saturated heterocycles. The maximum Gasteiger partial charge on any atom is 0.475 e. The van der Waals surface area contributed by atoms with Crippen molar-refractivity contribution in [1.82, 2.24) is 24.5 Å². The quantitative estimate of drug-likeness (QED) is 0.0898. The molecule has 3 heterocycles. The molecule has 222 valence electrons. The number of nitro groups is 1. The number of benzene rings is 1. The highest BCUT2D eigenvalue weighted by Gasteiger charge is 2.45. The highest BCUT2D eigenvalue weighted by molar-refractivity contribution is 6.31. The topological polar surface area (TPSA) is 141 Å². The molecule has 12 nitrogen and oxygen atoms in total. The Labute approximate surface area is 248 Å². The summed E-state index contributed by atoms with van der Waals surface area (Å²) in [6.07, 6.45) is 6.20. The lowest BCUT2D eigenvalue weighted by Crippen LogP contribution is -2.39. The number of carbonyl (C=O) groups is 1. The van der Waals surface area contributed by atoms with E-state index in [1.165, 1.54) is 24.7 Å². The number of imidazole rings is 1. The average molecular weight is 615 g/mol. The predicted octanol–water partition coefficient (Wildman–Crippen LogP) is 4.83. The monoisotopic (exact) mass is 614 g/mol. The Morgan fingerprint density at radius 2 is 2.00 bits per heavy atom. The Morgan fingerprint density at radius 1 is 1.26 bits per heavy atom. The van der Waals surface area contributed by atoms with E-state index in [1.807, 2.05) is 0 Å². The minimum Gasteiger partial charge on any atom is -0.358 e. The summed E-state index contributed by atoms with van der Waals surface area (Å²) in [4.78, 5) is 38.9. The lowest BCUT2D eigenvalue weighted by molar-refractivity contribution is -0.898. The van der Waals surface area contributed by atoms with E-state index in [2.05, 4.69) is 36.5 Å². The number of hydrogen-bond acceptors (Lipinski definition) is 8. The summed E-state index contributed by atoms with van der Waals surface area (Å²) in [5, 5.41) is 18.1. The molecule has 0 aliphatic rings. The first-order valence-corrected chi connectivity index (χ1v) is 12.8. The first-order chi connectivity index (χ1) is 20.2. The fourth-order valence-corrected chi connectivity index (χ4v) is 4.33. The number of likely N-dealkylation sites (N-methyl/N-ethyl adjacent to an activating group) is 1. The maximum atomic E-state index is 13.3.